The quantitative estimate of drug-likeness (QED) is 0.295. The van der Waals surface area contributed by atoms with Gasteiger partial charge in [-0.05, 0) is 60.5 Å². The van der Waals surface area contributed by atoms with Crippen molar-refractivity contribution in [3.8, 4) is 0 Å². The third kappa shape index (κ3) is 5.81. The lowest BCUT2D eigenvalue weighted by Gasteiger charge is -2.32. The van der Waals surface area contributed by atoms with E-state index >= 15 is 0 Å². The van der Waals surface area contributed by atoms with Gasteiger partial charge in [-0.3, -0.25) is 13.3 Å². The number of carbonyl (C=O) groups excluding carboxylic acids is 2. The molecule has 0 radical (unpaired) electrons. The van der Waals surface area contributed by atoms with Gasteiger partial charge in [0.25, 0.3) is 0 Å². The Balaban J connectivity index is 1.66. The molecule has 1 aromatic carbocycles. The van der Waals surface area contributed by atoms with E-state index in [1.54, 1.807) is 30.2 Å². The molecule has 3 heterocycles. The first-order chi connectivity index (χ1) is 18.7. The van der Waals surface area contributed by atoms with Crippen LogP contribution in [0.4, 0.5) is 17.3 Å². The molecule has 1 unspecified atom stereocenters. The van der Waals surface area contributed by atoms with Gasteiger partial charge < -0.3 is 24.8 Å². The molecule has 2 N–H and O–H groups in total. The van der Waals surface area contributed by atoms with Gasteiger partial charge in [0.05, 0.1) is 18.5 Å². The van der Waals surface area contributed by atoms with E-state index in [9.17, 15) is 18.4 Å². The van der Waals surface area contributed by atoms with E-state index in [4.69, 9.17) is 10.5 Å². The maximum atomic E-state index is 13.7. The standard InChI is InChI=1S/C27H34N6O5S/c1-5-17-14-21-18(9-11-29-25(21)28)13-19(17)15-23(27(35)38-6-2)32-12-10-22(26(32)34)33(39(36)37)20-7-8-24(30-16-20)31(3)4/h7-9,11,13-14,16,22-23H,5-6,10,12,15H2,1-4H3,(H2,28,29)(H,36,37)/p-1/t22-,23+/m0/s1. The number of aromatic nitrogens is 2. The number of rotatable bonds is 10. The first kappa shape index (κ1) is 28.2. The highest BCUT2D eigenvalue weighted by Crippen LogP contribution is 2.30. The van der Waals surface area contributed by atoms with Crippen molar-refractivity contribution in [2.75, 3.05) is 42.2 Å². The highest BCUT2D eigenvalue weighted by molar-refractivity contribution is 7.80. The fourth-order valence-corrected chi connectivity index (χ4v) is 5.66. The number of carbonyl (C=O) groups is 2. The molecule has 39 heavy (non-hydrogen) atoms. The number of nitrogens with two attached hydrogens (primary N) is 1. The van der Waals surface area contributed by atoms with Crippen molar-refractivity contribution in [1.82, 2.24) is 14.9 Å². The van der Waals surface area contributed by atoms with Gasteiger partial charge in [-0.1, -0.05) is 13.0 Å². The summed E-state index contributed by atoms with van der Waals surface area (Å²) in [6.45, 7) is 4.07. The van der Waals surface area contributed by atoms with Gasteiger partial charge in [-0.2, -0.15) is 0 Å². The molecule has 1 amide bonds. The van der Waals surface area contributed by atoms with Crippen molar-refractivity contribution < 1.29 is 23.1 Å². The lowest BCUT2D eigenvalue weighted by molar-refractivity contribution is -0.153. The Morgan fingerprint density at radius 1 is 1.23 bits per heavy atom. The van der Waals surface area contributed by atoms with E-state index in [1.165, 1.54) is 11.1 Å². The minimum atomic E-state index is -2.74. The SMILES string of the molecule is CCOC(=O)[C@@H](Cc1cc2ccnc(N)c2cc1CC)N1CC[C@H](N(c2ccc(N(C)C)nc2)S(=O)[O-])C1=O. The summed E-state index contributed by atoms with van der Waals surface area (Å²) >= 11 is -2.74. The van der Waals surface area contributed by atoms with Crippen molar-refractivity contribution in [2.24, 2.45) is 0 Å². The molecule has 0 aliphatic carbocycles. The number of aryl methyl sites for hydroxylation is 1. The van der Waals surface area contributed by atoms with E-state index < -0.39 is 35.2 Å². The number of amides is 1. The predicted octanol–water partition coefficient (Wildman–Crippen LogP) is 2.22. The van der Waals surface area contributed by atoms with Crippen LogP contribution in [0.25, 0.3) is 10.8 Å². The fraction of sp³-hybridized carbons (Fsp3) is 0.407. The first-order valence-electron chi connectivity index (χ1n) is 12.8. The highest BCUT2D eigenvalue weighted by atomic mass is 32.2. The summed E-state index contributed by atoms with van der Waals surface area (Å²) in [6, 6.07) is 7.16. The Hall–Kier alpha value is -3.77. The molecule has 12 heteroatoms. The molecule has 0 bridgehead atoms. The van der Waals surface area contributed by atoms with Gasteiger partial charge in [0.2, 0.25) is 5.91 Å². The van der Waals surface area contributed by atoms with Gasteiger partial charge in [0.1, 0.15) is 23.7 Å². The van der Waals surface area contributed by atoms with Crippen molar-refractivity contribution >= 4 is 51.2 Å². The zero-order valence-electron chi connectivity index (χ0n) is 22.5. The van der Waals surface area contributed by atoms with Crippen molar-refractivity contribution in [2.45, 2.75) is 45.2 Å². The Kier molecular flexibility index (Phi) is 8.66. The van der Waals surface area contributed by atoms with Crippen molar-refractivity contribution in [1.29, 1.82) is 0 Å². The summed E-state index contributed by atoms with van der Waals surface area (Å²) in [7, 11) is 3.65. The van der Waals surface area contributed by atoms with E-state index in [0.717, 1.165) is 26.2 Å². The maximum Gasteiger partial charge on any atom is 0.329 e. The van der Waals surface area contributed by atoms with E-state index in [2.05, 4.69) is 9.97 Å². The summed E-state index contributed by atoms with van der Waals surface area (Å²) in [5, 5.41) is 1.70. The summed E-state index contributed by atoms with van der Waals surface area (Å²) in [5.74, 6) is 0.0831. The number of benzene rings is 1. The van der Waals surface area contributed by atoms with Gasteiger partial charge in [-0.15, -0.1) is 0 Å². The Labute approximate surface area is 230 Å². The van der Waals surface area contributed by atoms with Gasteiger partial charge in [0.15, 0.2) is 0 Å². The zero-order chi connectivity index (χ0) is 28.3. The molecular formula is C27H33N6O5S-. The van der Waals surface area contributed by atoms with Crippen LogP contribution in [0.1, 0.15) is 31.4 Å². The topological polar surface area (TPSA) is 145 Å². The second-order valence-corrected chi connectivity index (χ2v) is 10.3. The lowest BCUT2D eigenvalue weighted by atomic mass is 9.94. The predicted molar refractivity (Wildman–Crippen MR) is 150 cm³/mol. The normalized spacial score (nSPS) is 16.8. The Morgan fingerprint density at radius 2 is 2.00 bits per heavy atom. The number of hydrogen-bond donors (Lipinski definition) is 1. The molecule has 1 aliphatic rings. The average Bonchev–Trinajstić information content (AvgIpc) is 3.27. The van der Waals surface area contributed by atoms with Crippen LogP contribution in [0, 0.1) is 0 Å². The van der Waals surface area contributed by atoms with Crippen LogP contribution in [-0.4, -0.2) is 74.8 Å². The second kappa shape index (κ2) is 12.0. The van der Waals surface area contributed by atoms with Gasteiger partial charge in [-0.25, -0.2) is 14.8 Å². The summed E-state index contributed by atoms with van der Waals surface area (Å²) < 4.78 is 31.0. The van der Waals surface area contributed by atoms with E-state index in [-0.39, 0.29) is 31.7 Å². The number of hydrogen-bond acceptors (Lipinski definition) is 9. The number of anilines is 3. The van der Waals surface area contributed by atoms with E-state index in [1.807, 2.05) is 39.2 Å². The highest BCUT2D eigenvalue weighted by Gasteiger charge is 2.43. The third-order valence-corrected chi connectivity index (χ3v) is 7.73. The van der Waals surface area contributed by atoms with Crippen LogP contribution >= 0.6 is 0 Å². The van der Waals surface area contributed by atoms with Crippen LogP contribution < -0.4 is 14.9 Å². The Morgan fingerprint density at radius 3 is 2.62 bits per heavy atom. The summed E-state index contributed by atoms with van der Waals surface area (Å²) in [5.41, 5.74) is 8.22. The molecule has 208 valence electrons. The number of nitrogen functional groups attached to an aromatic ring is 1. The smallest absolute Gasteiger partial charge is 0.329 e. The number of likely N-dealkylation sites (tertiary alicyclic amines) is 1. The largest absolute Gasteiger partial charge is 0.755 e. The van der Waals surface area contributed by atoms with Gasteiger partial charge >= 0.3 is 5.97 Å². The summed E-state index contributed by atoms with van der Waals surface area (Å²) in [6.07, 6.45) is 4.18. The number of fused-ring (bicyclic) bond motifs is 1. The lowest BCUT2D eigenvalue weighted by Crippen LogP contribution is -2.49. The average molecular weight is 554 g/mol. The fourth-order valence-electron chi connectivity index (χ4n) is 4.98. The number of ether oxygens (including phenoxy) is 1. The molecule has 2 aromatic heterocycles. The van der Waals surface area contributed by atoms with Gasteiger partial charge in [0, 0.05) is 49.9 Å². The molecule has 1 aliphatic heterocycles. The third-order valence-electron chi connectivity index (χ3n) is 6.94. The molecule has 0 spiro atoms. The molecule has 4 rings (SSSR count). The second-order valence-electron chi connectivity index (χ2n) is 9.51. The zero-order valence-corrected chi connectivity index (χ0v) is 23.3. The molecule has 11 nitrogen and oxygen atoms in total. The maximum absolute atomic E-state index is 13.7. The van der Waals surface area contributed by atoms with Crippen LogP contribution in [0.2, 0.25) is 0 Å². The van der Waals surface area contributed by atoms with Crippen LogP contribution in [0.5, 0.6) is 0 Å². The number of nitrogens with zero attached hydrogens (tertiary/aromatic N) is 5. The van der Waals surface area contributed by atoms with Crippen molar-refractivity contribution in [3.63, 3.8) is 0 Å². The minimum absolute atomic E-state index is 0.155. The number of esters is 1. The Bertz CT molecular complexity index is 1380. The molecule has 3 atom stereocenters. The molecule has 3 aromatic rings. The molecule has 1 fully saturated rings. The molecule has 1 saturated heterocycles. The molecule has 0 saturated carbocycles. The first-order valence-corrected chi connectivity index (χ1v) is 13.8. The van der Waals surface area contributed by atoms with Crippen LogP contribution in [0.15, 0.2) is 42.7 Å². The minimum Gasteiger partial charge on any atom is -0.755 e. The summed E-state index contributed by atoms with van der Waals surface area (Å²) in [4.78, 5) is 38.6. The van der Waals surface area contributed by atoms with Crippen LogP contribution in [0.3, 0.4) is 0 Å². The van der Waals surface area contributed by atoms with Crippen LogP contribution in [-0.2, 0) is 38.4 Å². The van der Waals surface area contributed by atoms with Crippen molar-refractivity contribution in [3.05, 3.63) is 53.9 Å². The van der Waals surface area contributed by atoms with E-state index in [0.29, 0.717) is 18.1 Å². The molecular weight excluding hydrogens is 520 g/mol. The number of pyridine rings is 2. The monoisotopic (exact) mass is 553 g/mol.